The van der Waals surface area contributed by atoms with Gasteiger partial charge in [-0.15, -0.1) is 12.4 Å². The molecule has 0 aromatic heterocycles. The van der Waals surface area contributed by atoms with E-state index in [1.54, 1.807) is 0 Å². The van der Waals surface area contributed by atoms with E-state index in [9.17, 15) is 10.1 Å². The van der Waals surface area contributed by atoms with Crippen molar-refractivity contribution in [2.24, 2.45) is 5.90 Å². The maximum atomic E-state index is 10.4. The second-order valence-corrected chi connectivity index (χ2v) is 2.21. The normalized spacial score (nSPS) is 8.71. The van der Waals surface area contributed by atoms with E-state index in [2.05, 4.69) is 4.84 Å². The Morgan fingerprint density at radius 3 is 2.57 bits per heavy atom. The number of methoxy groups -OCH3 is 1. The van der Waals surface area contributed by atoms with Crippen LogP contribution in [0.25, 0.3) is 0 Å². The Morgan fingerprint density at radius 1 is 1.50 bits per heavy atom. The molecule has 6 nitrogen and oxygen atoms in total. The number of ether oxygens (including phenoxy) is 1. The van der Waals surface area contributed by atoms with Crippen LogP contribution in [-0.2, 0) is 0 Å². The van der Waals surface area contributed by atoms with Crippen molar-refractivity contribution in [1.29, 1.82) is 0 Å². The highest BCUT2D eigenvalue weighted by Gasteiger charge is 2.14. The lowest BCUT2D eigenvalue weighted by molar-refractivity contribution is -0.385. The van der Waals surface area contributed by atoms with Crippen LogP contribution in [0, 0.1) is 10.1 Å². The molecular weight excluding hydrogens is 212 g/mol. The van der Waals surface area contributed by atoms with Crippen molar-refractivity contribution in [3.63, 3.8) is 0 Å². The van der Waals surface area contributed by atoms with Crippen LogP contribution in [0.2, 0.25) is 0 Å². The summed E-state index contributed by atoms with van der Waals surface area (Å²) in [4.78, 5) is 14.3. The summed E-state index contributed by atoms with van der Waals surface area (Å²) in [5.74, 6) is 5.30. The van der Waals surface area contributed by atoms with Gasteiger partial charge in [0.15, 0.2) is 5.75 Å². The lowest BCUT2D eigenvalue weighted by Gasteiger charge is -2.02. The molecule has 0 amide bonds. The fourth-order valence-electron chi connectivity index (χ4n) is 0.882. The van der Waals surface area contributed by atoms with E-state index in [4.69, 9.17) is 10.6 Å². The number of nitrogens with zero attached hydrogens (tertiary/aromatic N) is 1. The van der Waals surface area contributed by atoms with Gasteiger partial charge in [-0.1, -0.05) is 0 Å². The average molecular weight is 221 g/mol. The SMILES string of the molecule is COc1cc(ON)ccc1[N+](=O)[O-].Cl. The number of nitro benzene ring substituents is 1. The highest BCUT2D eigenvalue weighted by Crippen LogP contribution is 2.30. The second-order valence-electron chi connectivity index (χ2n) is 2.21. The van der Waals surface area contributed by atoms with Crippen LogP contribution in [0.15, 0.2) is 18.2 Å². The van der Waals surface area contributed by atoms with E-state index in [-0.39, 0.29) is 23.8 Å². The minimum atomic E-state index is -0.543. The Labute approximate surface area is 86.1 Å². The third-order valence-corrected chi connectivity index (χ3v) is 1.48. The number of nitro groups is 1. The van der Waals surface area contributed by atoms with Crippen molar-refractivity contribution in [2.45, 2.75) is 0 Å². The molecular formula is C7H9ClN2O4. The van der Waals surface area contributed by atoms with Gasteiger partial charge in [-0.2, -0.15) is 5.90 Å². The van der Waals surface area contributed by atoms with Gasteiger partial charge in [0, 0.05) is 12.1 Å². The average Bonchev–Trinajstić information content (AvgIpc) is 2.16. The van der Waals surface area contributed by atoms with Crippen LogP contribution in [0.1, 0.15) is 0 Å². The van der Waals surface area contributed by atoms with Crippen molar-refractivity contribution in [3.8, 4) is 11.5 Å². The first-order chi connectivity index (χ1) is 6.19. The summed E-state index contributed by atoms with van der Waals surface area (Å²) in [6.07, 6.45) is 0. The van der Waals surface area contributed by atoms with Crippen molar-refractivity contribution in [2.75, 3.05) is 7.11 Å². The van der Waals surface area contributed by atoms with Gasteiger partial charge in [-0.25, -0.2) is 0 Å². The second kappa shape index (κ2) is 5.25. The first-order valence-electron chi connectivity index (χ1n) is 3.38. The van der Waals surface area contributed by atoms with Crippen molar-refractivity contribution in [3.05, 3.63) is 28.3 Å². The zero-order chi connectivity index (χ0) is 9.84. The predicted molar refractivity (Wildman–Crippen MR) is 51.7 cm³/mol. The van der Waals surface area contributed by atoms with Gasteiger partial charge in [-0.3, -0.25) is 10.1 Å². The van der Waals surface area contributed by atoms with Gasteiger partial charge in [0.2, 0.25) is 5.75 Å². The van der Waals surface area contributed by atoms with E-state index in [0.29, 0.717) is 5.75 Å². The Hall–Kier alpha value is -1.53. The maximum absolute atomic E-state index is 10.4. The molecule has 0 spiro atoms. The standard InChI is InChI=1S/C7H8N2O4.ClH/c1-12-7-4-5(13-8)2-3-6(7)9(10)11;/h2-4H,8H2,1H3;1H. The molecule has 0 aliphatic heterocycles. The van der Waals surface area contributed by atoms with Crippen LogP contribution in [-0.4, -0.2) is 12.0 Å². The quantitative estimate of drug-likeness (QED) is 0.612. The summed E-state index contributed by atoms with van der Waals surface area (Å²) < 4.78 is 4.77. The van der Waals surface area contributed by atoms with Gasteiger partial charge in [0.25, 0.3) is 0 Å². The summed E-state index contributed by atoms with van der Waals surface area (Å²) >= 11 is 0. The van der Waals surface area contributed by atoms with Gasteiger partial charge in [0.1, 0.15) is 0 Å². The summed E-state index contributed by atoms with van der Waals surface area (Å²) in [5, 5.41) is 10.4. The minimum Gasteiger partial charge on any atom is -0.490 e. The number of benzene rings is 1. The fourth-order valence-corrected chi connectivity index (χ4v) is 0.882. The molecule has 0 heterocycles. The Bertz CT molecular complexity index is 331. The molecule has 78 valence electrons. The van der Waals surface area contributed by atoms with Gasteiger partial charge < -0.3 is 9.57 Å². The maximum Gasteiger partial charge on any atom is 0.311 e. The molecule has 0 radical (unpaired) electrons. The van der Waals surface area contributed by atoms with E-state index < -0.39 is 4.92 Å². The summed E-state index contributed by atoms with van der Waals surface area (Å²) in [6, 6.07) is 4.00. The zero-order valence-electron chi connectivity index (χ0n) is 7.30. The molecule has 0 unspecified atom stereocenters. The third-order valence-electron chi connectivity index (χ3n) is 1.48. The Balaban J connectivity index is 0.00000169. The third kappa shape index (κ3) is 2.48. The molecule has 1 aromatic carbocycles. The van der Waals surface area contributed by atoms with Gasteiger partial charge in [-0.05, 0) is 6.07 Å². The molecule has 14 heavy (non-hydrogen) atoms. The molecule has 0 aliphatic rings. The molecule has 0 bridgehead atoms. The molecule has 0 fully saturated rings. The van der Waals surface area contributed by atoms with Crippen molar-refractivity contribution >= 4 is 18.1 Å². The van der Waals surface area contributed by atoms with Crippen LogP contribution >= 0.6 is 12.4 Å². The van der Waals surface area contributed by atoms with E-state index in [0.717, 1.165) is 0 Å². The molecule has 7 heteroatoms. The number of nitrogens with two attached hydrogens (primary N) is 1. The number of hydrogen-bond acceptors (Lipinski definition) is 5. The first kappa shape index (κ1) is 12.5. The van der Waals surface area contributed by atoms with Crippen molar-refractivity contribution < 1.29 is 14.5 Å². The Morgan fingerprint density at radius 2 is 2.14 bits per heavy atom. The lowest BCUT2D eigenvalue weighted by atomic mass is 10.3. The fraction of sp³-hybridized carbons (Fsp3) is 0.143. The molecule has 0 atom stereocenters. The van der Waals surface area contributed by atoms with E-state index in [1.165, 1.54) is 25.3 Å². The Kier molecular flexibility index (Phi) is 4.68. The molecule has 1 aromatic rings. The molecule has 0 saturated carbocycles. The van der Waals surface area contributed by atoms with Crippen molar-refractivity contribution in [1.82, 2.24) is 0 Å². The lowest BCUT2D eigenvalue weighted by Crippen LogP contribution is -2.02. The van der Waals surface area contributed by atoms with Crippen LogP contribution < -0.4 is 15.5 Å². The minimum absolute atomic E-state index is 0. The van der Waals surface area contributed by atoms with Crippen LogP contribution in [0.4, 0.5) is 5.69 Å². The van der Waals surface area contributed by atoms with E-state index >= 15 is 0 Å². The monoisotopic (exact) mass is 220 g/mol. The molecule has 1 rings (SSSR count). The number of halogens is 1. The topological polar surface area (TPSA) is 87.6 Å². The highest BCUT2D eigenvalue weighted by atomic mass is 35.5. The van der Waals surface area contributed by atoms with Gasteiger partial charge >= 0.3 is 5.69 Å². The summed E-state index contributed by atoms with van der Waals surface area (Å²) in [7, 11) is 1.34. The largest absolute Gasteiger partial charge is 0.490 e. The van der Waals surface area contributed by atoms with Crippen LogP contribution in [0.3, 0.4) is 0 Å². The first-order valence-corrected chi connectivity index (χ1v) is 3.38. The molecule has 0 saturated heterocycles. The smallest absolute Gasteiger partial charge is 0.311 e. The zero-order valence-corrected chi connectivity index (χ0v) is 8.11. The molecule has 0 aliphatic carbocycles. The summed E-state index contributed by atoms with van der Waals surface area (Å²) in [6.45, 7) is 0. The molecule has 2 N–H and O–H groups in total. The number of rotatable bonds is 3. The highest BCUT2D eigenvalue weighted by molar-refractivity contribution is 5.85. The number of hydrogen-bond donors (Lipinski definition) is 1. The van der Waals surface area contributed by atoms with Gasteiger partial charge in [0.05, 0.1) is 12.0 Å². The predicted octanol–water partition coefficient (Wildman–Crippen LogP) is 1.28. The summed E-state index contributed by atoms with van der Waals surface area (Å²) in [5.41, 5.74) is -0.122. The van der Waals surface area contributed by atoms with Crippen LogP contribution in [0.5, 0.6) is 11.5 Å². The van der Waals surface area contributed by atoms with E-state index in [1.807, 2.05) is 0 Å².